The highest BCUT2D eigenvalue weighted by Gasteiger charge is 2.38. The van der Waals surface area contributed by atoms with Crippen LogP contribution in [0.25, 0.3) is 0 Å². The molecule has 21 heavy (non-hydrogen) atoms. The fourth-order valence-electron chi connectivity index (χ4n) is 3.71. The van der Waals surface area contributed by atoms with Gasteiger partial charge in [0.05, 0.1) is 25.8 Å². The van der Waals surface area contributed by atoms with Gasteiger partial charge < -0.3 is 14.8 Å². The average Bonchev–Trinajstić information content (AvgIpc) is 2.97. The minimum Gasteiger partial charge on any atom is -0.497 e. The second kappa shape index (κ2) is 6.06. The molecule has 1 saturated carbocycles. The molecule has 1 N–H and O–H groups in total. The van der Waals surface area contributed by atoms with Crippen LogP contribution in [0.3, 0.4) is 0 Å². The molecule has 1 aromatic rings. The van der Waals surface area contributed by atoms with Gasteiger partial charge in [0.25, 0.3) is 0 Å². The first-order chi connectivity index (χ1) is 10.2. The van der Waals surface area contributed by atoms with Gasteiger partial charge in [-0.25, -0.2) is 0 Å². The molecule has 1 heterocycles. The number of ketones is 1. The number of rotatable bonds is 4. The lowest BCUT2D eigenvalue weighted by molar-refractivity contribution is 0.0946. The Bertz CT molecular complexity index is 515. The predicted octanol–water partition coefficient (Wildman–Crippen LogP) is 2.81. The van der Waals surface area contributed by atoms with Crippen molar-refractivity contribution in [2.45, 2.75) is 44.2 Å². The minimum atomic E-state index is -0.0691. The highest BCUT2D eigenvalue weighted by atomic mass is 16.5. The van der Waals surface area contributed by atoms with Gasteiger partial charge in [-0.3, -0.25) is 4.79 Å². The molecule has 2 aliphatic rings. The first kappa shape index (κ1) is 14.4. The Morgan fingerprint density at radius 1 is 1.19 bits per heavy atom. The number of nitrogens with one attached hydrogen (secondary N) is 1. The Kier molecular flexibility index (Phi) is 4.15. The van der Waals surface area contributed by atoms with Crippen molar-refractivity contribution < 1.29 is 14.3 Å². The summed E-state index contributed by atoms with van der Waals surface area (Å²) in [5.41, 5.74) is 0.648. The number of carbonyl (C=O) groups excluding carboxylic acids is 1. The van der Waals surface area contributed by atoms with Crippen molar-refractivity contribution in [1.29, 1.82) is 0 Å². The van der Waals surface area contributed by atoms with E-state index in [9.17, 15) is 4.79 Å². The summed E-state index contributed by atoms with van der Waals surface area (Å²) in [6, 6.07) is 5.86. The number of ether oxygens (including phenoxy) is 2. The minimum absolute atomic E-state index is 0.0691. The van der Waals surface area contributed by atoms with Gasteiger partial charge in [0.2, 0.25) is 0 Å². The first-order valence-corrected chi connectivity index (χ1v) is 7.75. The van der Waals surface area contributed by atoms with E-state index in [4.69, 9.17) is 9.47 Å². The Morgan fingerprint density at radius 3 is 2.71 bits per heavy atom. The molecular formula is C17H23NO3. The molecule has 4 heteroatoms. The summed E-state index contributed by atoms with van der Waals surface area (Å²) in [7, 11) is 3.20. The highest BCUT2D eigenvalue weighted by molar-refractivity contribution is 6.02. The van der Waals surface area contributed by atoms with Crippen molar-refractivity contribution in [1.82, 2.24) is 5.32 Å². The molecule has 1 aliphatic carbocycles. The highest BCUT2D eigenvalue weighted by Crippen LogP contribution is 2.35. The lowest BCUT2D eigenvalue weighted by Crippen LogP contribution is -2.37. The van der Waals surface area contributed by atoms with E-state index in [2.05, 4.69) is 5.32 Å². The van der Waals surface area contributed by atoms with Gasteiger partial charge >= 0.3 is 0 Å². The van der Waals surface area contributed by atoms with Crippen LogP contribution in [0, 0.1) is 5.92 Å². The maximum atomic E-state index is 12.8. The maximum absolute atomic E-state index is 12.8. The van der Waals surface area contributed by atoms with E-state index in [1.807, 2.05) is 12.1 Å². The van der Waals surface area contributed by atoms with Gasteiger partial charge in [-0.15, -0.1) is 0 Å². The molecule has 4 nitrogen and oxygen atoms in total. The van der Waals surface area contributed by atoms with Gasteiger partial charge in [-0.1, -0.05) is 12.8 Å². The Balaban J connectivity index is 1.79. The van der Waals surface area contributed by atoms with E-state index < -0.39 is 0 Å². The molecule has 3 rings (SSSR count). The molecule has 1 saturated heterocycles. The van der Waals surface area contributed by atoms with Crippen LogP contribution in [0.2, 0.25) is 0 Å². The van der Waals surface area contributed by atoms with Crippen molar-refractivity contribution in [3.05, 3.63) is 23.8 Å². The lowest BCUT2D eigenvalue weighted by Gasteiger charge is -2.24. The fourth-order valence-corrected chi connectivity index (χ4v) is 3.71. The predicted molar refractivity (Wildman–Crippen MR) is 81.2 cm³/mol. The van der Waals surface area contributed by atoms with Crippen molar-refractivity contribution in [3.8, 4) is 11.5 Å². The molecule has 2 fully saturated rings. The third-order valence-corrected chi connectivity index (χ3v) is 4.85. The summed E-state index contributed by atoms with van der Waals surface area (Å²) < 4.78 is 10.5. The van der Waals surface area contributed by atoms with E-state index >= 15 is 0 Å². The van der Waals surface area contributed by atoms with E-state index in [0.29, 0.717) is 29.0 Å². The van der Waals surface area contributed by atoms with Crippen LogP contribution < -0.4 is 14.8 Å². The van der Waals surface area contributed by atoms with E-state index in [-0.39, 0.29) is 11.8 Å². The van der Waals surface area contributed by atoms with Gasteiger partial charge in [-0.2, -0.15) is 0 Å². The zero-order valence-electron chi connectivity index (χ0n) is 12.7. The molecule has 3 unspecified atom stereocenters. The van der Waals surface area contributed by atoms with Gasteiger partial charge in [0.15, 0.2) is 5.78 Å². The van der Waals surface area contributed by atoms with Crippen LogP contribution in [-0.2, 0) is 0 Å². The smallest absolute Gasteiger partial charge is 0.183 e. The van der Waals surface area contributed by atoms with Gasteiger partial charge in [-0.05, 0) is 37.3 Å². The standard InChI is InChI=1S/C17H23NO3/c1-20-12-7-8-13(16(10-12)21-2)17(19)15-9-11-5-3-4-6-14(11)18-15/h7-8,10-11,14-15,18H,3-6,9H2,1-2H3. The normalized spacial score (nSPS) is 28.0. The van der Waals surface area contributed by atoms with Crippen LogP contribution in [0.4, 0.5) is 0 Å². The maximum Gasteiger partial charge on any atom is 0.183 e. The zero-order chi connectivity index (χ0) is 14.8. The Labute approximate surface area is 125 Å². The van der Waals surface area contributed by atoms with Crippen molar-refractivity contribution in [3.63, 3.8) is 0 Å². The average molecular weight is 289 g/mol. The number of methoxy groups -OCH3 is 2. The molecule has 0 aromatic heterocycles. The number of hydrogen-bond donors (Lipinski definition) is 1. The van der Waals surface area contributed by atoms with Crippen molar-refractivity contribution in [2.75, 3.05) is 14.2 Å². The molecule has 0 radical (unpaired) electrons. The lowest BCUT2D eigenvalue weighted by atomic mass is 9.84. The largest absolute Gasteiger partial charge is 0.497 e. The number of fused-ring (bicyclic) bond motifs is 1. The monoisotopic (exact) mass is 289 g/mol. The SMILES string of the molecule is COc1ccc(C(=O)C2CC3CCCCC3N2)c(OC)c1. The molecule has 0 spiro atoms. The summed E-state index contributed by atoms with van der Waals surface area (Å²) in [6.07, 6.45) is 5.99. The number of carbonyl (C=O) groups is 1. The molecular weight excluding hydrogens is 266 g/mol. The van der Waals surface area contributed by atoms with Crippen LogP contribution in [0.15, 0.2) is 18.2 Å². The topological polar surface area (TPSA) is 47.6 Å². The van der Waals surface area contributed by atoms with Crippen molar-refractivity contribution >= 4 is 5.78 Å². The fraction of sp³-hybridized carbons (Fsp3) is 0.588. The quantitative estimate of drug-likeness (QED) is 0.866. The summed E-state index contributed by atoms with van der Waals surface area (Å²) in [4.78, 5) is 12.8. The van der Waals surface area contributed by atoms with E-state index in [1.54, 1.807) is 20.3 Å². The third-order valence-electron chi connectivity index (χ3n) is 4.85. The van der Waals surface area contributed by atoms with E-state index in [1.165, 1.54) is 25.7 Å². The van der Waals surface area contributed by atoms with Crippen LogP contribution in [0.5, 0.6) is 11.5 Å². The second-order valence-electron chi connectivity index (χ2n) is 6.04. The van der Waals surface area contributed by atoms with Gasteiger partial charge in [0, 0.05) is 12.1 Å². The summed E-state index contributed by atoms with van der Waals surface area (Å²) >= 11 is 0. The first-order valence-electron chi connectivity index (χ1n) is 7.75. The second-order valence-corrected chi connectivity index (χ2v) is 6.04. The molecule has 1 aliphatic heterocycles. The molecule has 3 atom stereocenters. The number of benzene rings is 1. The Morgan fingerprint density at radius 2 is 2.00 bits per heavy atom. The molecule has 0 amide bonds. The molecule has 0 bridgehead atoms. The number of Topliss-reactive ketones (excluding diaryl/α,β-unsaturated/α-hetero) is 1. The van der Waals surface area contributed by atoms with E-state index in [0.717, 1.165) is 6.42 Å². The molecule has 1 aromatic carbocycles. The number of hydrogen-bond acceptors (Lipinski definition) is 4. The zero-order valence-corrected chi connectivity index (χ0v) is 12.7. The van der Waals surface area contributed by atoms with Gasteiger partial charge in [0.1, 0.15) is 11.5 Å². The van der Waals surface area contributed by atoms with Crippen molar-refractivity contribution in [2.24, 2.45) is 5.92 Å². The van der Waals surface area contributed by atoms with Crippen LogP contribution in [-0.4, -0.2) is 32.1 Å². The van der Waals surface area contributed by atoms with Crippen LogP contribution >= 0.6 is 0 Å². The third kappa shape index (κ3) is 2.77. The Hall–Kier alpha value is -1.55. The molecule has 114 valence electrons. The summed E-state index contributed by atoms with van der Waals surface area (Å²) in [5.74, 6) is 2.10. The summed E-state index contributed by atoms with van der Waals surface area (Å²) in [5, 5.41) is 3.53. The van der Waals surface area contributed by atoms with Crippen LogP contribution in [0.1, 0.15) is 42.5 Å². The summed E-state index contributed by atoms with van der Waals surface area (Å²) in [6.45, 7) is 0.